The van der Waals surface area contributed by atoms with Gasteiger partial charge in [-0.1, -0.05) is 0 Å². The summed E-state index contributed by atoms with van der Waals surface area (Å²) in [4.78, 5) is 23.4. The van der Waals surface area contributed by atoms with Crippen molar-refractivity contribution in [2.45, 2.75) is 0 Å². The van der Waals surface area contributed by atoms with Gasteiger partial charge in [0, 0.05) is 24.0 Å². The Morgan fingerprint density at radius 3 is 1.04 bits per heavy atom. The Labute approximate surface area is 161 Å². The first kappa shape index (κ1) is 14.8. The lowest BCUT2D eigenvalue weighted by molar-refractivity contribution is -0.646. The van der Waals surface area contributed by atoms with Gasteiger partial charge in [-0.15, -0.1) is 0 Å². The Balaban J connectivity index is 0.0000000926. The van der Waals surface area contributed by atoms with Gasteiger partial charge in [0.2, 0.25) is 0 Å². The molecule has 0 atom stereocenters. The number of methoxy groups -OCH3 is 2. The predicted octanol–water partition coefficient (Wildman–Crippen LogP) is -0.221. The lowest BCUT2D eigenvalue weighted by atomic mass is 8.92. The van der Waals surface area contributed by atoms with Crippen molar-refractivity contribution in [3.05, 3.63) is 0 Å². The van der Waals surface area contributed by atoms with Gasteiger partial charge in [-0.3, -0.25) is 9.59 Å². The summed E-state index contributed by atoms with van der Waals surface area (Å²) < 4.78 is 9.85. The third-order valence-corrected chi connectivity index (χ3v) is 13.3. The van der Waals surface area contributed by atoms with E-state index in [1.165, 1.54) is 14.2 Å². The van der Waals surface area contributed by atoms with Crippen LogP contribution in [0.25, 0.3) is 0 Å². The van der Waals surface area contributed by atoms with E-state index < -0.39 is 0 Å². The number of carbonyl (C=O) groups excluding carboxylic acids is 2. The first-order valence-electron chi connectivity index (χ1n) is 10.9. The van der Waals surface area contributed by atoms with Crippen molar-refractivity contribution in [2.24, 2.45) is 92.7 Å². The van der Waals surface area contributed by atoms with Crippen molar-refractivity contribution in [3.8, 4) is 0 Å². The third-order valence-electron chi connectivity index (χ3n) is 13.3. The number of esters is 2. The van der Waals surface area contributed by atoms with E-state index in [2.05, 4.69) is 0 Å². The van der Waals surface area contributed by atoms with E-state index in [1.807, 2.05) is 0 Å². The van der Waals surface area contributed by atoms with Crippen molar-refractivity contribution < 1.29 is 29.3 Å². The van der Waals surface area contributed by atoms with E-state index in [-0.39, 0.29) is 22.8 Å². The van der Waals surface area contributed by atoms with Gasteiger partial charge in [0.25, 0.3) is 0 Å². The molecule has 0 amide bonds. The number of ether oxygens (including phenoxy) is 2. The van der Waals surface area contributed by atoms with Crippen LogP contribution in [0.3, 0.4) is 0 Å². The highest BCUT2D eigenvalue weighted by Gasteiger charge is 3.12. The molecule has 0 aromatic heterocycles. The minimum absolute atomic E-state index is 0.0222. The quantitative estimate of drug-likeness (QED) is 0.651. The molecule has 0 radical (unpaired) electrons. The molecular formula is C22H24O6. The Hall–Kier alpha value is -1.14. The standard InChI is InChI=1S/2C11H12O3/c2*1-14-9(13)11-6-3-7(11)5-8(11)4(6)10(3,5)2-12/h2*3-8,12H,2H2,1H3. The molecule has 0 saturated heterocycles. The molecule has 148 valence electrons. The summed E-state index contributed by atoms with van der Waals surface area (Å²) in [7, 11) is 3.01. The Morgan fingerprint density at radius 1 is 0.607 bits per heavy atom. The number of hydrogen-bond acceptors (Lipinski definition) is 6. The first-order chi connectivity index (χ1) is 13.5. The lowest BCUT2D eigenvalue weighted by Crippen LogP contribution is -3.11. The average molecular weight is 384 g/mol. The molecule has 6 heteroatoms. The van der Waals surface area contributed by atoms with Crippen molar-refractivity contribution in [1.82, 2.24) is 0 Å². The van der Waals surface area contributed by atoms with E-state index in [1.54, 1.807) is 0 Å². The van der Waals surface area contributed by atoms with E-state index in [0.29, 0.717) is 95.1 Å². The number of hydrogen-bond donors (Lipinski definition) is 2. The first-order valence-corrected chi connectivity index (χ1v) is 10.9. The van der Waals surface area contributed by atoms with Gasteiger partial charge in [-0.05, 0) is 71.0 Å². The lowest BCUT2D eigenvalue weighted by Gasteiger charge is -3.10. The summed E-state index contributed by atoms with van der Waals surface area (Å²) in [5, 5.41) is 18.8. The van der Waals surface area contributed by atoms with Crippen LogP contribution >= 0.6 is 0 Å². The second kappa shape index (κ2) is 3.37. The highest BCUT2D eigenvalue weighted by Crippen LogP contribution is 3.11. The molecule has 12 rings (SSSR count). The van der Waals surface area contributed by atoms with Crippen molar-refractivity contribution in [1.29, 1.82) is 0 Å². The number of aliphatic hydroxyl groups excluding tert-OH is 2. The van der Waals surface area contributed by atoms with Crippen LogP contribution in [0.4, 0.5) is 0 Å². The van der Waals surface area contributed by atoms with Crippen molar-refractivity contribution in [3.63, 3.8) is 0 Å². The van der Waals surface area contributed by atoms with Crippen LogP contribution in [0.15, 0.2) is 0 Å². The number of carbonyl (C=O) groups is 2. The largest absolute Gasteiger partial charge is 0.469 e. The Morgan fingerprint density at radius 2 is 0.857 bits per heavy atom. The molecule has 0 aromatic rings. The minimum Gasteiger partial charge on any atom is -0.469 e. The van der Waals surface area contributed by atoms with E-state index in [0.717, 1.165) is 0 Å². The molecule has 12 aliphatic rings. The zero-order valence-corrected chi connectivity index (χ0v) is 15.9. The Bertz CT molecular complexity index is 768. The molecular weight excluding hydrogens is 360 g/mol. The molecule has 0 aromatic carbocycles. The average Bonchev–Trinajstić information content (AvgIpc) is 2.77. The number of aliphatic hydroxyl groups is 2. The normalized spacial score (nSPS) is 77.0. The maximum atomic E-state index is 11.7. The maximum absolute atomic E-state index is 11.7. The summed E-state index contributed by atoms with van der Waals surface area (Å²) in [6.07, 6.45) is 0. The van der Waals surface area contributed by atoms with Crippen LogP contribution in [0.1, 0.15) is 0 Å². The highest BCUT2D eigenvalue weighted by molar-refractivity contribution is 5.89. The van der Waals surface area contributed by atoms with Gasteiger partial charge < -0.3 is 19.7 Å². The van der Waals surface area contributed by atoms with Crippen molar-refractivity contribution >= 4 is 11.9 Å². The summed E-state index contributed by atoms with van der Waals surface area (Å²) in [5.74, 6) is 7.98. The Kier molecular flexibility index (Phi) is 1.78. The van der Waals surface area contributed by atoms with Gasteiger partial charge in [-0.25, -0.2) is 0 Å². The zero-order chi connectivity index (χ0) is 18.9. The molecule has 12 aliphatic carbocycles. The predicted molar refractivity (Wildman–Crippen MR) is 89.8 cm³/mol. The van der Waals surface area contributed by atoms with Gasteiger partial charge in [0.15, 0.2) is 0 Å². The van der Waals surface area contributed by atoms with E-state index in [9.17, 15) is 19.8 Å². The zero-order valence-electron chi connectivity index (χ0n) is 15.9. The van der Waals surface area contributed by atoms with E-state index >= 15 is 0 Å². The molecule has 28 heavy (non-hydrogen) atoms. The van der Waals surface area contributed by atoms with E-state index in [4.69, 9.17) is 9.47 Å². The van der Waals surface area contributed by atoms with Crippen LogP contribution < -0.4 is 0 Å². The van der Waals surface area contributed by atoms with Gasteiger partial charge in [0.05, 0.1) is 25.0 Å². The third kappa shape index (κ3) is 0.713. The maximum Gasteiger partial charge on any atom is 0.312 e. The SMILES string of the molecule is COC(=O)C12C3C4C1C1C2C3C41CO.COC(=O)C12C3C4C1C1C2C3C41CO. The molecule has 0 spiro atoms. The second-order valence-electron chi connectivity index (χ2n) is 11.7. The molecule has 12 saturated carbocycles. The fraction of sp³-hybridized carbons (Fsp3) is 0.909. The van der Waals surface area contributed by atoms with Crippen LogP contribution in [0.5, 0.6) is 0 Å². The molecule has 0 unspecified atom stereocenters. The van der Waals surface area contributed by atoms with Crippen LogP contribution in [0, 0.1) is 92.7 Å². The van der Waals surface area contributed by atoms with Gasteiger partial charge in [0.1, 0.15) is 0 Å². The molecule has 0 aliphatic heterocycles. The summed E-state index contributed by atoms with van der Waals surface area (Å²) >= 11 is 0. The second-order valence-corrected chi connectivity index (χ2v) is 11.7. The summed E-state index contributed by atoms with van der Waals surface area (Å²) in [6.45, 7) is 0.738. The smallest absolute Gasteiger partial charge is 0.312 e. The molecule has 12 fully saturated rings. The molecule has 2 N–H and O–H groups in total. The van der Waals surface area contributed by atoms with Gasteiger partial charge in [-0.2, -0.15) is 0 Å². The van der Waals surface area contributed by atoms with Gasteiger partial charge >= 0.3 is 11.9 Å². The van der Waals surface area contributed by atoms with Crippen LogP contribution in [0.2, 0.25) is 0 Å². The van der Waals surface area contributed by atoms with Crippen LogP contribution in [-0.4, -0.2) is 49.6 Å². The minimum atomic E-state index is -0.0222. The molecule has 0 heterocycles. The van der Waals surface area contributed by atoms with Crippen molar-refractivity contribution in [2.75, 3.05) is 27.4 Å². The summed E-state index contributed by atoms with van der Waals surface area (Å²) in [5.41, 5.74) is 0.586. The summed E-state index contributed by atoms with van der Waals surface area (Å²) in [6, 6.07) is 0. The number of rotatable bonds is 4. The molecule has 0 bridgehead atoms. The fourth-order valence-electron chi connectivity index (χ4n) is 13.3. The fourth-order valence-corrected chi connectivity index (χ4v) is 13.3. The molecule has 6 nitrogen and oxygen atoms in total. The topological polar surface area (TPSA) is 93.1 Å². The highest BCUT2D eigenvalue weighted by atomic mass is 16.5. The monoisotopic (exact) mass is 384 g/mol. The van der Waals surface area contributed by atoms with Crippen LogP contribution in [-0.2, 0) is 19.1 Å².